The summed E-state index contributed by atoms with van der Waals surface area (Å²) in [5.74, 6) is 2.55. The lowest BCUT2D eigenvalue weighted by atomic mass is 9.98. The van der Waals surface area contributed by atoms with Gasteiger partial charge >= 0.3 is 0 Å². The van der Waals surface area contributed by atoms with Crippen molar-refractivity contribution in [2.24, 2.45) is 5.92 Å². The summed E-state index contributed by atoms with van der Waals surface area (Å²) in [6.07, 6.45) is 1.84. The zero-order valence-electron chi connectivity index (χ0n) is 20.4. The van der Waals surface area contributed by atoms with Gasteiger partial charge in [0.1, 0.15) is 11.6 Å². The molecule has 35 heavy (non-hydrogen) atoms. The van der Waals surface area contributed by atoms with Crippen LogP contribution in [0.25, 0.3) is 22.3 Å². The molecule has 0 unspecified atom stereocenters. The van der Waals surface area contributed by atoms with Gasteiger partial charge in [0.25, 0.3) is 0 Å². The number of methoxy groups -OCH3 is 1. The third-order valence-electron chi connectivity index (χ3n) is 7.07. The lowest BCUT2D eigenvalue weighted by molar-refractivity contribution is 0.0987. The molecule has 0 amide bonds. The quantitative estimate of drug-likeness (QED) is 0.552. The smallest absolute Gasteiger partial charge is 0.229 e. The van der Waals surface area contributed by atoms with Crippen LogP contribution in [0.4, 0.5) is 11.8 Å². The highest BCUT2D eigenvalue weighted by Gasteiger charge is 2.26. The first-order chi connectivity index (χ1) is 17.1. The van der Waals surface area contributed by atoms with Gasteiger partial charge in [-0.05, 0) is 56.0 Å². The highest BCUT2D eigenvalue weighted by Crippen LogP contribution is 2.32. The van der Waals surface area contributed by atoms with Crippen LogP contribution in [0.15, 0.2) is 30.3 Å². The van der Waals surface area contributed by atoms with Crippen molar-refractivity contribution in [1.82, 2.24) is 15.0 Å². The van der Waals surface area contributed by atoms with Crippen LogP contribution in [0.1, 0.15) is 25.3 Å². The first-order valence-electron chi connectivity index (χ1n) is 12.3. The molecule has 0 spiro atoms. The van der Waals surface area contributed by atoms with E-state index >= 15 is 0 Å². The number of piperidine rings is 1. The standard InChI is InChI=1S/C26H33N5O4/c1-17-16-35-12-11-31(17)25-21-4-5-22(19-3-6-23(34-2)20(13-19)15-33)27-24(21)28-26(29-25)30-9-7-18(14-32)8-10-30/h3-6,13,17-18,32-33H,7-12,14-16H2,1-2H3/t17-/m0/s1. The number of anilines is 2. The summed E-state index contributed by atoms with van der Waals surface area (Å²) in [5.41, 5.74) is 3.03. The van der Waals surface area contributed by atoms with Crippen molar-refractivity contribution in [3.8, 4) is 17.0 Å². The Balaban J connectivity index is 1.59. The van der Waals surface area contributed by atoms with E-state index in [-0.39, 0.29) is 19.3 Å². The van der Waals surface area contributed by atoms with Crippen LogP contribution in [0.3, 0.4) is 0 Å². The molecule has 2 aliphatic rings. The summed E-state index contributed by atoms with van der Waals surface area (Å²) in [6, 6.07) is 9.92. The molecule has 2 fully saturated rings. The van der Waals surface area contributed by atoms with E-state index in [4.69, 9.17) is 24.4 Å². The number of nitrogens with zero attached hydrogens (tertiary/aromatic N) is 5. The van der Waals surface area contributed by atoms with Crippen LogP contribution in [-0.2, 0) is 11.3 Å². The van der Waals surface area contributed by atoms with Crippen molar-refractivity contribution in [1.29, 1.82) is 0 Å². The van der Waals surface area contributed by atoms with Gasteiger partial charge in [-0.25, -0.2) is 4.98 Å². The van der Waals surface area contributed by atoms with Crippen molar-refractivity contribution < 1.29 is 19.7 Å². The summed E-state index contributed by atoms with van der Waals surface area (Å²) in [6.45, 7) is 5.97. The molecule has 2 aliphatic heterocycles. The predicted octanol–water partition coefficient (Wildman–Crippen LogP) is 2.63. The van der Waals surface area contributed by atoms with E-state index < -0.39 is 0 Å². The molecule has 4 heterocycles. The maximum Gasteiger partial charge on any atom is 0.229 e. The predicted molar refractivity (Wildman–Crippen MR) is 135 cm³/mol. The zero-order valence-corrected chi connectivity index (χ0v) is 20.4. The highest BCUT2D eigenvalue weighted by atomic mass is 16.5. The van der Waals surface area contributed by atoms with Gasteiger partial charge in [0.15, 0.2) is 5.65 Å². The molecule has 1 atom stereocenters. The van der Waals surface area contributed by atoms with E-state index in [1.165, 1.54) is 0 Å². The molecule has 2 N–H and O–H groups in total. The molecule has 0 radical (unpaired) electrons. The summed E-state index contributed by atoms with van der Waals surface area (Å²) in [5, 5.41) is 20.2. The second kappa shape index (κ2) is 10.3. The van der Waals surface area contributed by atoms with Crippen molar-refractivity contribution in [3.63, 3.8) is 0 Å². The summed E-state index contributed by atoms with van der Waals surface area (Å²) in [4.78, 5) is 19.4. The number of ether oxygens (including phenoxy) is 2. The average molecular weight is 480 g/mol. The molecule has 9 heteroatoms. The molecular formula is C26H33N5O4. The minimum Gasteiger partial charge on any atom is -0.496 e. The van der Waals surface area contributed by atoms with Gasteiger partial charge < -0.3 is 29.5 Å². The van der Waals surface area contributed by atoms with Gasteiger partial charge in [0, 0.05) is 37.4 Å². The largest absolute Gasteiger partial charge is 0.496 e. The first-order valence-corrected chi connectivity index (χ1v) is 12.3. The van der Waals surface area contributed by atoms with Crippen molar-refractivity contribution >= 4 is 22.8 Å². The van der Waals surface area contributed by atoms with Gasteiger partial charge in [-0.2, -0.15) is 9.97 Å². The molecule has 9 nitrogen and oxygen atoms in total. The SMILES string of the molecule is COc1ccc(-c2ccc3c(N4CCOC[C@@H]4C)nc(N4CCC(CO)CC4)nc3n2)cc1CO. The maximum atomic E-state index is 9.76. The lowest BCUT2D eigenvalue weighted by Crippen LogP contribution is -2.44. The number of morpholine rings is 1. The maximum absolute atomic E-state index is 9.76. The van der Waals surface area contributed by atoms with Crippen LogP contribution in [0, 0.1) is 5.92 Å². The Bertz CT molecular complexity index is 1180. The molecular weight excluding hydrogens is 446 g/mol. The number of hydrogen-bond donors (Lipinski definition) is 2. The third kappa shape index (κ3) is 4.76. The molecule has 0 aliphatic carbocycles. The van der Waals surface area contributed by atoms with E-state index in [9.17, 15) is 10.2 Å². The second-order valence-electron chi connectivity index (χ2n) is 9.33. The number of hydrogen-bond acceptors (Lipinski definition) is 9. The van der Waals surface area contributed by atoms with Crippen LogP contribution in [0.5, 0.6) is 5.75 Å². The summed E-state index contributed by atoms with van der Waals surface area (Å²) >= 11 is 0. The Morgan fingerprint density at radius 2 is 1.89 bits per heavy atom. The minimum atomic E-state index is -0.111. The Labute approximate surface area is 205 Å². The van der Waals surface area contributed by atoms with E-state index in [1.807, 2.05) is 30.3 Å². The van der Waals surface area contributed by atoms with E-state index in [2.05, 4.69) is 16.7 Å². The van der Waals surface area contributed by atoms with Crippen LogP contribution in [0.2, 0.25) is 0 Å². The summed E-state index contributed by atoms with van der Waals surface area (Å²) < 4.78 is 11.0. The number of aliphatic hydroxyl groups excluding tert-OH is 2. The summed E-state index contributed by atoms with van der Waals surface area (Å²) in [7, 11) is 1.60. The Morgan fingerprint density at radius 1 is 1.06 bits per heavy atom. The number of fused-ring (bicyclic) bond motifs is 1. The molecule has 2 aromatic heterocycles. The van der Waals surface area contributed by atoms with E-state index in [0.29, 0.717) is 42.0 Å². The number of benzene rings is 1. The molecule has 186 valence electrons. The third-order valence-corrected chi connectivity index (χ3v) is 7.07. The monoisotopic (exact) mass is 479 g/mol. The Kier molecular flexibility index (Phi) is 6.99. The molecule has 1 aromatic carbocycles. The van der Waals surface area contributed by atoms with Crippen molar-refractivity contribution in [2.45, 2.75) is 32.4 Å². The fraction of sp³-hybridized carbons (Fsp3) is 0.500. The number of aromatic nitrogens is 3. The number of rotatable bonds is 6. The normalized spacial score (nSPS) is 19.4. The van der Waals surface area contributed by atoms with Crippen LogP contribution in [-0.4, -0.2) is 77.8 Å². The topological polar surface area (TPSA) is 104 Å². The van der Waals surface area contributed by atoms with Gasteiger partial charge in [-0.15, -0.1) is 0 Å². The van der Waals surface area contributed by atoms with Crippen molar-refractivity contribution in [2.75, 3.05) is 56.4 Å². The van der Waals surface area contributed by atoms with Crippen molar-refractivity contribution in [3.05, 3.63) is 35.9 Å². The fourth-order valence-corrected chi connectivity index (χ4v) is 4.92. The molecule has 0 saturated carbocycles. The lowest BCUT2D eigenvalue weighted by Gasteiger charge is -2.36. The fourth-order valence-electron chi connectivity index (χ4n) is 4.92. The molecule has 3 aromatic rings. The molecule has 5 rings (SSSR count). The van der Waals surface area contributed by atoms with Gasteiger partial charge in [-0.1, -0.05) is 0 Å². The van der Waals surface area contributed by atoms with Gasteiger partial charge in [0.05, 0.1) is 44.1 Å². The molecule has 0 bridgehead atoms. The van der Waals surface area contributed by atoms with Gasteiger partial charge in [0.2, 0.25) is 5.95 Å². The Hall–Kier alpha value is -3.01. The Morgan fingerprint density at radius 3 is 2.60 bits per heavy atom. The number of aliphatic hydroxyl groups is 2. The zero-order chi connectivity index (χ0) is 24.4. The highest BCUT2D eigenvalue weighted by molar-refractivity contribution is 5.90. The van der Waals surface area contributed by atoms with Crippen LogP contribution >= 0.6 is 0 Å². The average Bonchev–Trinajstić information content (AvgIpc) is 2.92. The first kappa shape index (κ1) is 23.7. The second-order valence-corrected chi connectivity index (χ2v) is 9.33. The minimum absolute atomic E-state index is 0.111. The number of pyridine rings is 1. The molecule has 2 saturated heterocycles. The van der Waals surface area contributed by atoms with E-state index in [1.54, 1.807) is 7.11 Å². The van der Waals surface area contributed by atoms with Crippen LogP contribution < -0.4 is 14.5 Å². The van der Waals surface area contributed by atoms with Gasteiger partial charge in [-0.3, -0.25) is 0 Å². The van der Waals surface area contributed by atoms with E-state index in [0.717, 1.165) is 54.9 Å².